The van der Waals surface area contributed by atoms with E-state index < -0.39 is 12.0 Å². The third kappa shape index (κ3) is 3.38. The number of primary amides is 1. The summed E-state index contributed by atoms with van der Waals surface area (Å²) in [4.78, 5) is 22.5. The fraction of sp³-hybridized carbons (Fsp3) is 0.643. The molecule has 0 bridgehead atoms. The van der Waals surface area contributed by atoms with Crippen LogP contribution in [0.15, 0.2) is 10.6 Å². The van der Waals surface area contributed by atoms with Crippen LogP contribution in [0, 0.1) is 17.8 Å². The van der Waals surface area contributed by atoms with Crippen molar-refractivity contribution in [3.63, 3.8) is 0 Å². The number of nitrogens with zero attached hydrogens (tertiary/aromatic N) is 1. The number of aromatic nitrogens is 1. The molecule has 0 radical (unpaired) electrons. The number of nitrogens with one attached hydrogen (secondary N) is 2. The van der Waals surface area contributed by atoms with Crippen molar-refractivity contribution >= 4 is 12.0 Å². The minimum atomic E-state index is -0.668. The van der Waals surface area contributed by atoms with Gasteiger partial charge in [0, 0.05) is 6.07 Å². The SMILES string of the molecule is NC(=O)c1cc(CNC(=O)OCC2CC3CNCC3C2)on1. The molecule has 8 nitrogen and oxygen atoms in total. The lowest BCUT2D eigenvalue weighted by molar-refractivity contribution is 0.0991. The average molecular weight is 308 g/mol. The van der Waals surface area contributed by atoms with E-state index in [-0.39, 0.29) is 12.2 Å². The number of fused-ring (bicyclic) bond motifs is 1. The molecule has 1 aliphatic carbocycles. The van der Waals surface area contributed by atoms with Gasteiger partial charge in [-0.25, -0.2) is 4.79 Å². The second-order valence-electron chi connectivity index (χ2n) is 6.01. The van der Waals surface area contributed by atoms with Crippen LogP contribution in [0.4, 0.5) is 4.79 Å². The second kappa shape index (κ2) is 6.35. The lowest BCUT2D eigenvalue weighted by Crippen LogP contribution is -2.26. The first kappa shape index (κ1) is 14.8. The van der Waals surface area contributed by atoms with E-state index in [1.54, 1.807) is 0 Å². The quantitative estimate of drug-likeness (QED) is 0.717. The molecule has 2 atom stereocenters. The largest absolute Gasteiger partial charge is 0.449 e. The van der Waals surface area contributed by atoms with E-state index in [1.807, 2.05) is 0 Å². The zero-order valence-electron chi connectivity index (χ0n) is 12.2. The fourth-order valence-corrected chi connectivity index (χ4v) is 3.34. The van der Waals surface area contributed by atoms with Gasteiger partial charge in [-0.15, -0.1) is 0 Å². The summed E-state index contributed by atoms with van der Waals surface area (Å²) in [6, 6.07) is 1.40. The summed E-state index contributed by atoms with van der Waals surface area (Å²) < 4.78 is 10.1. The summed E-state index contributed by atoms with van der Waals surface area (Å²) in [6.07, 6.45) is 1.75. The fourth-order valence-electron chi connectivity index (χ4n) is 3.34. The Labute approximate surface area is 127 Å². The number of amides is 2. The summed E-state index contributed by atoms with van der Waals surface area (Å²) in [5.41, 5.74) is 5.10. The van der Waals surface area contributed by atoms with E-state index in [0.717, 1.165) is 37.8 Å². The highest BCUT2D eigenvalue weighted by molar-refractivity contribution is 5.90. The molecular weight excluding hydrogens is 288 g/mol. The molecule has 2 heterocycles. The monoisotopic (exact) mass is 308 g/mol. The van der Waals surface area contributed by atoms with Gasteiger partial charge in [0.25, 0.3) is 5.91 Å². The number of carbonyl (C=O) groups excluding carboxylic acids is 2. The van der Waals surface area contributed by atoms with Crippen molar-refractivity contribution in [2.45, 2.75) is 19.4 Å². The van der Waals surface area contributed by atoms with E-state index in [9.17, 15) is 9.59 Å². The van der Waals surface area contributed by atoms with Crippen molar-refractivity contribution in [1.82, 2.24) is 15.8 Å². The Bertz CT molecular complexity index is 547. The van der Waals surface area contributed by atoms with Gasteiger partial charge < -0.3 is 25.6 Å². The maximum Gasteiger partial charge on any atom is 0.407 e. The molecule has 22 heavy (non-hydrogen) atoms. The number of rotatable bonds is 5. The summed E-state index contributed by atoms with van der Waals surface area (Å²) in [6.45, 7) is 2.73. The van der Waals surface area contributed by atoms with Crippen LogP contribution in [0.2, 0.25) is 0 Å². The molecule has 1 saturated heterocycles. The number of ether oxygens (including phenoxy) is 1. The van der Waals surface area contributed by atoms with Crippen LogP contribution in [-0.2, 0) is 11.3 Å². The highest BCUT2D eigenvalue weighted by Crippen LogP contribution is 2.38. The van der Waals surface area contributed by atoms with E-state index in [2.05, 4.69) is 15.8 Å². The molecule has 1 aliphatic heterocycles. The molecule has 8 heteroatoms. The highest BCUT2D eigenvalue weighted by atomic mass is 16.5. The van der Waals surface area contributed by atoms with Crippen molar-refractivity contribution in [2.24, 2.45) is 23.5 Å². The molecule has 1 saturated carbocycles. The number of hydrogen-bond acceptors (Lipinski definition) is 6. The third-order valence-corrected chi connectivity index (χ3v) is 4.42. The molecule has 0 aromatic carbocycles. The van der Waals surface area contributed by atoms with Crippen molar-refractivity contribution in [3.05, 3.63) is 17.5 Å². The Morgan fingerprint density at radius 3 is 2.77 bits per heavy atom. The predicted molar refractivity (Wildman–Crippen MR) is 75.8 cm³/mol. The van der Waals surface area contributed by atoms with Crippen LogP contribution in [0.25, 0.3) is 0 Å². The average Bonchev–Trinajstić information content (AvgIpc) is 3.17. The molecule has 3 rings (SSSR count). The van der Waals surface area contributed by atoms with Gasteiger partial charge in [-0.05, 0) is 43.7 Å². The van der Waals surface area contributed by atoms with E-state index in [0.29, 0.717) is 18.3 Å². The first-order valence-corrected chi connectivity index (χ1v) is 7.48. The van der Waals surface area contributed by atoms with Crippen LogP contribution in [0.3, 0.4) is 0 Å². The van der Waals surface area contributed by atoms with Gasteiger partial charge in [-0.2, -0.15) is 0 Å². The minimum absolute atomic E-state index is 0.0382. The molecule has 2 unspecified atom stereocenters. The van der Waals surface area contributed by atoms with Crippen LogP contribution in [-0.4, -0.2) is 36.9 Å². The molecule has 120 valence electrons. The highest BCUT2D eigenvalue weighted by Gasteiger charge is 2.37. The topological polar surface area (TPSA) is 119 Å². The summed E-state index contributed by atoms with van der Waals surface area (Å²) >= 11 is 0. The van der Waals surface area contributed by atoms with Crippen molar-refractivity contribution < 1.29 is 18.8 Å². The van der Waals surface area contributed by atoms with Gasteiger partial charge in [-0.3, -0.25) is 4.79 Å². The van der Waals surface area contributed by atoms with Gasteiger partial charge in [-0.1, -0.05) is 5.16 Å². The Morgan fingerprint density at radius 2 is 2.14 bits per heavy atom. The number of alkyl carbamates (subject to hydrolysis) is 1. The van der Waals surface area contributed by atoms with Gasteiger partial charge in [0.05, 0.1) is 13.2 Å². The van der Waals surface area contributed by atoms with Gasteiger partial charge >= 0.3 is 6.09 Å². The van der Waals surface area contributed by atoms with E-state index in [1.165, 1.54) is 6.07 Å². The normalized spacial score (nSPS) is 26.6. The molecule has 2 amide bonds. The zero-order valence-corrected chi connectivity index (χ0v) is 12.2. The molecule has 0 spiro atoms. The summed E-state index contributed by atoms with van der Waals surface area (Å²) in [5, 5.41) is 9.44. The predicted octanol–water partition coefficient (Wildman–Crippen LogP) is 0.245. The lowest BCUT2D eigenvalue weighted by atomic mass is 10.0. The van der Waals surface area contributed by atoms with E-state index in [4.69, 9.17) is 15.0 Å². The molecule has 1 aromatic rings. The Kier molecular flexibility index (Phi) is 4.28. The first-order chi connectivity index (χ1) is 10.6. The van der Waals surface area contributed by atoms with E-state index >= 15 is 0 Å². The third-order valence-electron chi connectivity index (χ3n) is 4.42. The number of hydrogen-bond donors (Lipinski definition) is 3. The zero-order chi connectivity index (χ0) is 15.5. The lowest BCUT2D eigenvalue weighted by Gasteiger charge is -2.12. The molecule has 4 N–H and O–H groups in total. The van der Waals surface area contributed by atoms with Crippen molar-refractivity contribution in [1.29, 1.82) is 0 Å². The van der Waals surface area contributed by atoms with Gasteiger partial charge in [0.1, 0.15) is 0 Å². The molecule has 2 fully saturated rings. The smallest absolute Gasteiger partial charge is 0.407 e. The van der Waals surface area contributed by atoms with Crippen LogP contribution < -0.4 is 16.4 Å². The summed E-state index contributed by atoms with van der Waals surface area (Å²) in [7, 11) is 0. The Hall–Kier alpha value is -2.09. The Balaban J connectivity index is 1.36. The summed E-state index contributed by atoms with van der Waals surface area (Å²) in [5.74, 6) is 1.61. The molecule has 2 aliphatic rings. The van der Waals surface area contributed by atoms with Crippen LogP contribution in [0.5, 0.6) is 0 Å². The Morgan fingerprint density at radius 1 is 1.41 bits per heavy atom. The van der Waals surface area contributed by atoms with Crippen LogP contribution >= 0.6 is 0 Å². The first-order valence-electron chi connectivity index (χ1n) is 7.48. The maximum atomic E-state index is 11.7. The van der Waals surface area contributed by atoms with Gasteiger partial charge in [0.15, 0.2) is 11.5 Å². The molecular formula is C14H20N4O4. The standard InChI is InChI=1S/C14H20N4O4/c15-13(19)12-3-11(22-18-12)6-17-14(20)21-7-8-1-9-4-16-5-10(9)2-8/h3,8-10,16H,1-2,4-7H2,(H2,15,19)(H,17,20). The number of carbonyl (C=O) groups is 2. The minimum Gasteiger partial charge on any atom is -0.449 e. The second-order valence-corrected chi connectivity index (χ2v) is 6.01. The van der Waals surface area contributed by atoms with Crippen molar-refractivity contribution in [3.8, 4) is 0 Å². The van der Waals surface area contributed by atoms with Crippen LogP contribution in [0.1, 0.15) is 29.1 Å². The van der Waals surface area contributed by atoms with Crippen molar-refractivity contribution in [2.75, 3.05) is 19.7 Å². The number of nitrogens with two attached hydrogens (primary N) is 1. The molecule has 1 aromatic heterocycles. The van der Waals surface area contributed by atoms with Gasteiger partial charge in [0.2, 0.25) is 0 Å². The maximum absolute atomic E-state index is 11.7.